The number of allylic oxidation sites excluding steroid dienone is 1. The van der Waals surface area contributed by atoms with Crippen molar-refractivity contribution in [3.63, 3.8) is 0 Å². The van der Waals surface area contributed by atoms with E-state index in [4.69, 9.17) is 0 Å². The molecule has 1 nitrogen and oxygen atoms in total. The maximum Gasteiger partial charge on any atom is 0.133 e. The van der Waals surface area contributed by atoms with Crippen molar-refractivity contribution in [3.8, 4) is 0 Å². The Bertz CT molecular complexity index is 550. The molecule has 0 N–H and O–H groups in total. The van der Waals surface area contributed by atoms with E-state index in [9.17, 15) is 4.79 Å². The fourth-order valence-corrected chi connectivity index (χ4v) is 8.12. The van der Waals surface area contributed by atoms with E-state index < -0.39 is 0 Å². The lowest BCUT2D eigenvalue weighted by atomic mass is 9.38. The predicted molar refractivity (Wildman–Crippen MR) is 99.7 cm³/mol. The minimum Gasteiger partial charge on any atom is -0.300 e. The molecule has 4 aliphatic carbocycles. The van der Waals surface area contributed by atoms with Crippen LogP contribution in [0.2, 0.25) is 0 Å². The third-order valence-corrected chi connectivity index (χ3v) is 9.55. The highest BCUT2D eigenvalue weighted by atomic mass is 16.1. The van der Waals surface area contributed by atoms with E-state index in [2.05, 4.69) is 33.4 Å². The molecule has 134 valence electrons. The van der Waals surface area contributed by atoms with Gasteiger partial charge in [-0.2, -0.15) is 0 Å². The molecular formula is C23H36O. The molecule has 0 radical (unpaired) electrons. The number of ketones is 1. The van der Waals surface area contributed by atoms with Gasteiger partial charge in [-0.05, 0) is 84.9 Å². The van der Waals surface area contributed by atoms with Crippen LogP contribution in [0.3, 0.4) is 0 Å². The second-order valence-corrected chi connectivity index (χ2v) is 10.6. The van der Waals surface area contributed by atoms with Crippen LogP contribution in [-0.4, -0.2) is 5.78 Å². The van der Waals surface area contributed by atoms with E-state index in [-0.39, 0.29) is 5.41 Å². The summed E-state index contributed by atoms with van der Waals surface area (Å²) in [6.45, 7) is 11.7. The SMILES string of the molecule is C=CCC1C[C@@]2(C)CC(=O)CC[C@]2(C)C2CC[C@]3(C)CCCC3C12. The lowest BCUT2D eigenvalue weighted by Gasteiger charge is -2.66. The minimum absolute atomic E-state index is 0.226. The van der Waals surface area contributed by atoms with Crippen molar-refractivity contribution in [2.75, 3.05) is 0 Å². The summed E-state index contributed by atoms with van der Waals surface area (Å²) in [5, 5.41) is 0. The molecule has 7 atom stereocenters. The van der Waals surface area contributed by atoms with Gasteiger partial charge in [0.15, 0.2) is 0 Å². The van der Waals surface area contributed by atoms with E-state index in [1.54, 1.807) is 0 Å². The Hall–Kier alpha value is -0.590. The Balaban J connectivity index is 1.75. The fraction of sp³-hybridized carbons (Fsp3) is 0.870. The number of hydrogen-bond acceptors (Lipinski definition) is 1. The highest BCUT2D eigenvalue weighted by molar-refractivity contribution is 5.80. The van der Waals surface area contributed by atoms with E-state index in [1.807, 2.05) is 0 Å². The zero-order valence-corrected chi connectivity index (χ0v) is 16.1. The van der Waals surface area contributed by atoms with E-state index >= 15 is 0 Å². The topological polar surface area (TPSA) is 17.1 Å². The summed E-state index contributed by atoms with van der Waals surface area (Å²) in [6.07, 6.45) is 14.6. The second-order valence-electron chi connectivity index (χ2n) is 10.6. The van der Waals surface area contributed by atoms with Crippen molar-refractivity contribution in [2.45, 2.75) is 85.0 Å². The molecule has 4 saturated carbocycles. The lowest BCUT2D eigenvalue weighted by molar-refractivity contribution is -0.177. The van der Waals surface area contributed by atoms with Gasteiger partial charge in [0.1, 0.15) is 5.78 Å². The minimum atomic E-state index is 0.226. The Morgan fingerprint density at radius 1 is 1.12 bits per heavy atom. The maximum absolute atomic E-state index is 12.3. The van der Waals surface area contributed by atoms with Gasteiger partial charge in [0.2, 0.25) is 0 Å². The molecule has 0 saturated heterocycles. The molecule has 4 unspecified atom stereocenters. The van der Waals surface area contributed by atoms with Gasteiger partial charge < -0.3 is 0 Å². The molecule has 4 aliphatic rings. The smallest absolute Gasteiger partial charge is 0.133 e. The van der Waals surface area contributed by atoms with Crippen molar-refractivity contribution in [1.29, 1.82) is 0 Å². The van der Waals surface area contributed by atoms with Gasteiger partial charge in [-0.1, -0.05) is 33.3 Å². The van der Waals surface area contributed by atoms with E-state index in [0.717, 1.165) is 49.4 Å². The summed E-state index contributed by atoms with van der Waals surface area (Å²) in [6, 6.07) is 0. The second kappa shape index (κ2) is 5.45. The third-order valence-electron chi connectivity index (χ3n) is 9.55. The zero-order chi connectivity index (χ0) is 17.2. The highest BCUT2D eigenvalue weighted by Gasteiger charge is 2.64. The monoisotopic (exact) mass is 328 g/mol. The van der Waals surface area contributed by atoms with Crippen LogP contribution in [0.5, 0.6) is 0 Å². The first kappa shape index (κ1) is 16.9. The number of hydrogen-bond donors (Lipinski definition) is 0. The first-order valence-corrected chi connectivity index (χ1v) is 10.5. The van der Waals surface area contributed by atoms with Crippen molar-refractivity contribution in [3.05, 3.63) is 12.7 Å². The van der Waals surface area contributed by atoms with Crippen LogP contribution < -0.4 is 0 Å². The lowest BCUT2D eigenvalue weighted by Crippen LogP contribution is -2.60. The number of fused-ring (bicyclic) bond motifs is 5. The first-order valence-electron chi connectivity index (χ1n) is 10.5. The average molecular weight is 329 g/mol. The van der Waals surface area contributed by atoms with Crippen LogP contribution in [0.1, 0.15) is 85.0 Å². The molecule has 0 aliphatic heterocycles. The van der Waals surface area contributed by atoms with Crippen LogP contribution in [0.4, 0.5) is 0 Å². The van der Waals surface area contributed by atoms with Gasteiger partial charge in [-0.15, -0.1) is 6.58 Å². The molecule has 4 fully saturated rings. The Kier molecular flexibility index (Phi) is 3.83. The van der Waals surface area contributed by atoms with Crippen LogP contribution in [-0.2, 0) is 4.79 Å². The summed E-state index contributed by atoms with van der Waals surface area (Å²) in [5.74, 6) is 3.94. The van der Waals surface area contributed by atoms with Gasteiger partial charge in [0.05, 0.1) is 0 Å². The highest BCUT2D eigenvalue weighted by Crippen LogP contribution is 2.71. The molecular weight excluding hydrogens is 292 g/mol. The van der Waals surface area contributed by atoms with Crippen molar-refractivity contribution in [2.24, 2.45) is 39.9 Å². The average Bonchev–Trinajstić information content (AvgIpc) is 2.91. The van der Waals surface area contributed by atoms with Crippen LogP contribution >= 0.6 is 0 Å². The summed E-state index contributed by atoms with van der Waals surface area (Å²) < 4.78 is 0. The Morgan fingerprint density at radius 3 is 2.67 bits per heavy atom. The third kappa shape index (κ3) is 2.15. The van der Waals surface area contributed by atoms with Crippen LogP contribution in [0.25, 0.3) is 0 Å². The number of carbonyl (C=O) groups is 1. The first-order chi connectivity index (χ1) is 11.3. The van der Waals surface area contributed by atoms with E-state index in [0.29, 0.717) is 16.6 Å². The normalized spacial score (nSPS) is 53.9. The Morgan fingerprint density at radius 2 is 1.92 bits per heavy atom. The summed E-state index contributed by atoms with van der Waals surface area (Å²) in [5.41, 5.74) is 1.21. The molecule has 0 heterocycles. The van der Waals surface area contributed by atoms with Gasteiger partial charge >= 0.3 is 0 Å². The van der Waals surface area contributed by atoms with Gasteiger partial charge in [0, 0.05) is 12.8 Å². The number of Topliss-reactive ketones (excluding diaryl/α,β-unsaturated/α-hetero) is 1. The van der Waals surface area contributed by atoms with E-state index in [1.165, 1.54) is 38.5 Å². The zero-order valence-electron chi connectivity index (χ0n) is 16.1. The van der Waals surface area contributed by atoms with Gasteiger partial charge in [-0.3, -0.25) is 4.79 Å². The van der Waals surface area contributed by atoms with Gasteiger partial charge in [-0.25, -0.2) is 0 Å². The number of carbonyl (C=O) groups excluding carboxylic acids is 1. The molecule has 0 aromatic heterocycles. The molecule has 0 bridgehead atoms. The van der Waals surface area contributed by atoms with Crippen LogP contribution in [0.15, 0.2) is 12.7 Å². The predicted octanol–water partition coefficient (Wildman–Crippen LogP) is 6.18. The van der Waals surface area contributed by atoms with Crippen molar-refractivity contribution < 1.29 is 4.79 Å². The molecule has 0 amide bonds. The Labute approximate surface area is 148 Å². The summed E-state index contributed by atoms with van der Waals surface area (Å²) in [4.78, 5) is 12.3. The quantitative estimate of drug-likeness (QED) is 0.553. The molecule has 0 spiro atoms. The largest absolute Gasteiger partial charge is 0.300 e. The fourth-order valence-electron chi connectivity index (χ4n) is 8.12. The molecule has 1 heteroatoms. The van der Waals surface area contributed by atoms with Crippen LogP contribution in [0, 0.1) is 39.9 Å². The summed E-state index contributed by atoms with van der Waals surface area (Å²) in [7, 11) is 0. The maximum atomic E-state index is 12.3. The standard InChI is InChI=1S/C23H36O/c1-5-7-16-14-22(3)15-17(24)9-13-23(22,4)19-10-12-21(2)11-6-8-18(21)20(16)19/h5,16,18-20H,1,6-15H2,2-4H3/t16?,18?,19?,20?,21-,22-,23+/m0/s1. The van der Waals surface area contributed by atoms with Crippen molar-refractivity contribution in [1.82, 2.24) is 0 Å². The number of rotatable bonds is 2. The molecule has 24 heavy (non-hydrogen) atoms. The molecule has 0 aromatic carbocycles. The van der Waals surface area contributed by atoms with Crippen molar-refractivity contribution >= 4 is 5.78 Å². The molecule has 4 rings (SSSR count). The van der Waals surface area contributed by atoms with Gasteiger partial charge in [0.25, 0.3) is 0 Å². The summed E-state index contributed by atoms with van der Waals surface area (Å²) >= 11 is 0. The molecule has 0 aromatic rings.